The van der Waals surface area contributed by atoms with Gasteiger partial charge in [-0.25, -0.2) is 4.39 Å². The predicted octanol–water partition coefficient (Wildman–Crippen LogP) is 4.28. The van der Waals surface area contributed by atoms with E-state index in [1.54, 1.807) is 0 Å². The molecule has 1 aliphatic rings. The zero-order valence-corrected chi connectivity index (χ0v) is 12.8. The Bertz CT molecular complexity index is 610. The molecule has 1 atom stereocenters. The summed E-state index contributed by atoms with van der Waals surface area (Å²) in [5.74, 6) is -0.417. The van der Waals surface area contributed by atoms with Crippen LogP contribution in [0.2, 0.25) is 10.0 Å². The third kappa shape index (κ3) is 3.00. The zero-order valence-electron chi connectivity index (χ0n) is 11.3. The third-order valence-corrected chi connectivity index (χ3v) is 4.27. The molecule has 1 fully saturated rings. The highest BCUT2D eigenvalue weighted by atomic mass is 35.5. The van der Waals surface area contributed by atoms with Gasteiger partial charge in [-0.3, -0.25) is 0 Å². The fraction of sp³-hybridized carbons (Fsp3) is 0.250. The Morgan fingerprint density at radius 3 is 2.43 bits per heavy atom. The van der Waals surface area contributed by atoms with E-state index in [0.29, 0.717) is 15.7 Å². The van der Waals surface area contributed by atoms with Crippen molar-refractivity contribution in [1.29, 1.82) is 0 Å². The van der Waals surface area contributed by atoms with Crippen LogP contribution in [0.1, 0.15) is 11.6 Å². The number of benzene rings is 2. The van der Waals surface area contributed by atoms with Crippen molar-refractivity contribution in [2.45, 2.75) is 6.04 Å². The molecule has 1 aliphatic heterocycles. The van der Waals surface area contributed by atoms with E-state index in [-0.39, 0.29) is 6.04 Å². The van der Waals surface area contributed by atoms with Gasteiger partial charge in [-0.05, 0) is 17.7 Å². The number of nitrogens with zero attached hydrogens (tertiary/aromatic N) is 1. The van der Waals surface area contributed by atoms with Crippen LogP contribution < -0.4 is 10.2 Å². The van der Waals surface area contributed by atoms with E-state index in [1.807, 2.05) is 18.2 Å². The van der Waals surface area contributed by atoms with Crippen LogP contribution >= 0.6 is 23.2 Å². The minimum absolute atomic E-state index is 0.125. The van der Waals surface area contributed by atoms with Crippen molar-refractivity contribution in [2.24, 2.45) is 0 Å². The quantitative estimate of drug-likeness (QED) is 0.886. The van der Waals surface area contributed by atoms with Gasteiger partial charge in [0.15, 0.2) is 0 Å². The van der Waals surface area contributed by atoms with Crippen LogP contribution in [0.25, 0.3) is 0 Å². The van der Waals surface area contributed by atoms with Crippen LogP contribution in [0.3, 0.4) is 0 Å². The second-order valence-electron chi connectivity index (χ2n) is 5.04. The molecule has 1 N–H and O–H groups in total. The van der Waals surface area contributed by atoms with E-state index < -0.39 is 5.82 Å². The molecule has 3 rings (SSSR count). The molecule has 0 aromatic heterocycles. The first-order valence-corrected chi connectivity index (χ1v) is 7.59. The molecule has 0 bridgehead atoms. The Morgan fingerprint density at radius 2 is 1.76 bits per heavy atom. The number of piperazine rings is 1. The van der Waals surface area contributed by atoms with E-state index >= 15 is 0 Å². The molecule has 110 valence electrons. The molecule has 21 heavy (non-hydrogen) atoms. The summed E-state index contributed by atoms with van der Waals surface area (Å²) >= 11 is 12.5. The van der Waals surface area contributed by atoms with Gasteiger partial charge in [-0.2, -0.15) is 0 Å². The summed E-state index contributed by atoms with van der Waals surface area (Å²) in [6.07, 6.45) is 0. The molecule has 1 unspecified atom stereocenters. The first-order chi connectivity index (χ1) is 10.2. The lowest BCUT2D eigenvalue weighted by Gasteiger charge is -2.39. The lowest BCUT2D eigenvalue weighted by molar-refractivity contribution is 0.489. The normalized spacial score (nSPS) is 18.8. The van der Waals surface area contributed by atoms with Gasteiger partial charge in [0.2, 0.25) is 0 Å². The number of nitrogens with one attached hydrogen (secondary N) is 1. The standard InChI is InChI=1S/C16H15Cl2FN2/c17-13-8-12(19)9-14(18)16(13)21-7-6-20-10-15(21)11-4-2-1-3-5-11/h1-5,8-9,15,20H,6-7,10H2. The largest absolute Gasteiger partial charge is 0.360 e. The number of rotatable bonds is 2. The van der Waals surface area contributed by atoms with E-state index in [2.05, 4.69) is 22.3 Å². The summed E-state index contributed by atoms with van der Waals surface area (Å²) in [4.78, 5) is 2.15. The average Bonchev–Trinajstić information content (AvgIpc) is 2.48. The maximum absolute atomic E-state index is 13.4. The molecular weight excluding hydrogens is 310 g/mol. The van der Waals surface area contributed by atoms with Crippen molar-refractivity contribution in [1.82, 2.24) is 5.32 Å². The molecule has 0 amide bonds. The van der Waals surface area contributed by atoms with E-state index in [9.17, 15) is 4.39 Å². The van der Waals surface area contributed by atoms with Crippen LogP contribution in [-0.4, -0.2) is 19.6 Å². The third-order valence-electron chi connectivity index (χ3n) is 3.70. The second kappa shape index (κ2) is 6.22. The summed E-state index contributed by atoms with van der Waals surface area (Å²) in [7, 11) is 0. The van der Waals surface area contributed by atoms with Crippen molar-refractivity contribution in [3.63, 3.8) is 0 Å². The summed E-state index contributed by atoms with van der Waals surface area (Å²) in [5.41, 5.74) is 1.89. The van der Waals surface area contributed by atoms with Gasteiger partial charge in [0, 0.05) is 19.6 Å². The fourth-order valence-corrected chi connectivity index (χ4v) is 3.43. The van der Waals surface area contributed by atoms with E-state index in [1.165, 1.54) is 17.7 Å². The maximum Gasteiger partial charge on any atom is 0.126 e. The number of hydrogen-bond acceptors (Lipinski definition) is 2. The number of halogens is 3. The maximum atomic E-state index is 13.4. The Morgan fingerprint density at radius 1 is 1.10 bits per heavy atom. The lowest BCUT2D eigenvalue weighted by Crippen LogP contribution is -2.46. The molecule has 2 aromatic rings. The molecule has 0 spiro atoms. The highest BCUT2D eigenvalue weighted by Crippen LogP contribution is 2.39. The average molecular weight is 325 g/mol. The Labute approximate surface area is 133 Å². The van der Waals surface area contributed by atoms with Crippen LogP contribution in [0.5, 0.6) is 0 Å². The minimum Gasteiger partial charge on any atom is -0.360 e. The van der Waals surface area contributed by atoms with Crippen LogP contribution in [0.4, 0.5) is 10.1 Å². The topological polar surface area (TPSA) is 15.3 Å². The molecule has 2 nitrogen and oxygen atoms in total. The first-order valence-electron chi connectivity index (χ1n) is 6.83. The highest BCUT2D eigenvalue weighted by Gasteiger charge is 2.27. The van der Waals surface area contributed by atoms with Gasteiger partial charge < -0.3 is 10.2 Å². The molecule has 0 radical (unpaired) electrons. The van der Waals surface area contributed by atoms with Gasteiger partial charge in [0.1, 0.15) is 5.82 Å². The van der Waals surface area contributed by atoms with Crippen molar-refractivity contribution in [3.8, 4) is 0 Å². The van der Waals surface area contributed by atoms with Gasteiger partial charge in [0.05, 0.1) is 21.8 Å². The molecule has 1 heterocycles. The SMILES string of the molecule is Fc1cc(Cl)c(N2CCNCC2c2ccccc2)c(Cl)c1. The van der Waals surface area contributed by atoms with Crippen LogP contribution in [0, 0.1) is 5.82 Å². The highest BCUT2D eigenvalue weighted by molar-refractivity contribution is 6.39. The molecule has 5 heteroatoms. The summed E-state index contributed by atoms with van der Waals surface area (Å²) in [5, 5.41) is 4.08. The van der Waals surface area contributed by atoms with Crippen molar-refractivity contribution < 1.29 is 4.39 Å². The van der Waals surface area contributed by atoms with E-state index in [4.69, 9.17) is 23.2 Å². The fourth-order valence-electron chi connectivity index (χ4n) is 2.75. The molecule has 0 saturated carbocycles. The molecule has 1 saturated heterocycles. The zero-order chi connectivity index (χ0) is 14.8. The number of anilines is 1. The monoisotopic (exact) mass is 324 g/mol. The van der Waals surface area contributed by atoms with Gasteiger partial charge in [-0.15, -0.1) is 0 Å². The van der Waals surface area contributed by atoms with Crippen molar-refractivity contribution in [2.75, 3.05) is 24.5 Å². The van der Waals surface area contributed by atoms with Crippen LogP contribution in [0.15, 0.2) is 42.5 Å². The summed E-state index contributed by atoms with van der Waals surface area (Å²) in [6, 6.07) is 12.9. The van der Waals surface area contributed by atoms with Crippen molar-refractivity contribution >= 4 is 28.9 Å². The van der Waals surface area contributed by atoms with Crippen LogP contribution in [-0.2, 0) is 0 Å². The molecule has 0 aliphatic carbocycles. The Hall–Kier alpha value is -1.29. The first kappa shape index (κ1) is 14.6. The second-order valence-corrected chi connectivity index (χ2v) is 5.86. The smallest absolute Gasteiger partial charge is 0.126 e. The van der Waals surface area contributed by atoms with Crippen molar-refractivity contribution in [3.05, 3.63) is 63.9 Å². The lowest BCUT2D eigenvalue weighted by atomic mass is 10.0. The Kier molecular flexibility index (Phi) is 4.34. The summed E-state index contributed by atoms with van der Waals surface area (Å²) in [6.45, 7) is 2.41. The summed E-state index contributed by atoms with van der Waals surface area (Å²) < 4.78 is 13.4. The van der Waals surface area contributed by atoms with E-state index in [0.717, 1.165) is 19.6 Å². The Balaban J connectivity index is 2.03. The molecular formula is C16H15Cl2FN2. The molecule has 2 aromatic carbocycles. The van der Waals surface area contributed by atoms with Gasteiger partial charge in [-0.1, -0.05) is 53.5 Å². The minimum atomic E-state index is -0.417. The number of hydrogen-bond donors (Lipinski definition) is 1. The van der Waals surface area contributed by atoms with Gasteiger partial charge >= 0.3 is 0 Å². The predicted molar refractivity (Wildman–Crippen MR) is 85.8 cm³/mol. The van der Waals surface area contributed by atoms with Gasteiger partial charge in [0.25, 0.3) is 0 Å².